The maximum Gasteiger partial charge on any atom is 0.257 e. The summed E-state index contributed by atoms with van der Waals surface area (Å²) in [7, 11) is 0. The van der Waals surface area contributed by atoms with Gasteiger partial charge in [-0.15, -0.1) is 0 Å². The maximum atomic E-state index is 12.0. The van der Waals surface area contributed by atoms with Gasteiger partial charge in [0.2, 0.25) is 0 Å². The Hall–Kier alpha value is -1.53. The van der Waals surface area contributed by atoms with Crippen LogP contribution in [0.25, 0.3) is 0 Å². The largest absolute Gasteiger partial charge is 0.505 e. The zero-order valence-corrected chi connectivity index (χ0v) is 13.9. The van der Waals surface area contributed by atoms with Crippen LogP contribution in [0.4, 0.5) is 5.69 Å². The lowest BCUT2D eigenvalue weighted by Gasteiger charge is -2.11. The lowest BCUT2D eigenvalue weighted by Crippen LogP contribution is -2.34. The summed E-state index contributed by atoms with van der Waals surface area (Å²) in [5.41, 5.74) is 0.808. The van der Waals surface area contributed by atoms with Crippen LogP contribution in [-0.4, -0.2) is 16.1 Å². The summed E-state index contributed by atoms with van der Waals surface area (Å²) in [5.74, 6) is -0.626. The van der Waals surface area contributed by atoms with Crippen LogP contribution < -0.4 is 10.6 Å². The van der Waals surface area contributed by atoms with Crippen molar-refractivity contribution in [3.05, 3.63) is 57.0 Å². The molecule has 0 saturated heterocycles. The number of aromatic hydroxyl groups is 1. The van der Waals surface area contributed by atoms with Crippen molar-refractivity contribution in [3.63, 3.8) is 0 Å². The van der Waals surface area contributed by atoms with Gasteiger partial charge >= 0.3 is 0 Å². The van der Waals surface area contributed by atoms with Gasteiger partial charge in [0.15, 0.2) is 10.9 Å². The first-order valence-electron chi connectivity index (χ1n) is 5.92. The third kappa shape index (κ3) is 4.24. The number of hydrogen-bond donors (Lipinski definition) is 3. The van der Waals surface area contributed by atoms with Gasteiger partial charge in [0.25, 0.3) is 5.91 Å². The number of rotatable bonds is 2. The van der Waals surface area contributed by atoms with Gasteiger partial charge in [-0.05, 0) is 42.5 Å². The molecule has 0 spiro atoms. The second-order valence-corrected chi connectivity index (χ2v) is 5.87. The van der Waals surface area contributed by atoms with Crippen molar-refractivity contribution < 1.29 is 9.90 Å². The molecule has 2 rings (SSSR count). The van der Waals surface area contributed by atoms with Gasteiger partial charge in [0.1, 0.15) is 0 Å². The fourth-order valence-electron chi connectivity index (χ4n) is 1.61. The number of benzene rings is 2. The molecule has 2 aromatic carbocycles. The Kier molecular flexibility index (Phi) is 5.47. The van der Waals surface area contributed by atoms with Crippen LogP contribution in [0, 0.1) is 0 Å². The smallest absolute Gasteiger partial charge is 0.257 e. The van der Waals surface area contributed by atoms with Crippen LogP contribution in [0.2, 0.25) is 15.1 Å². The normalized spacial score (nSPS) is 10.1. The van der Waals surface area contributed by atoms with Gasteiger partial charge in [0.05, 0.1) is 10.0 Å². The molecule has 0 aliphatic rings. The topological polar surface area (TPSA) is 61.4 Å². The SMILES string of the molecule is O=C(NC(=S)Nc1cc(Cl)c(O)c(Cl)c1)c1cccc(Cl)c1. The molecule has 0 fully saturated rings. The van der Waals surface area contributed by atoms with E-state index in [1.54, 1.807) is 18.2 Å². The minimum absolute atomic E-state index is 0.0581. The monoisotopic (exact) mass is 374 g/mol. The van der Waals surface area contributed by atoms with Gasteiger partial charge in [-0.1, -0.05) is 40.9 Å². The van der Waals surface area contributed by atoms with E-state index in [9.17, 15) is 9.90 Å². The summed E-state index contributed by atoms with van der Waals surface area (Å²) >= 11 is 22.5. The summed E-state index contributed by atoms with van der Waals surface area (Å²) in [6, 6.07) is 9.32. The van der Waals surface area contributed by atoms with Crippen molar-refractivity contribution in [2.45, 2.75) is 0 Å². The number of carbonyl (C=O) groups excluding carboxylic acids is 1. The van der Waals surface area contributed by atoms with Gasteiger partial charge in [0, 0.05) is 16.3 Å². The van der Waals surface area contributed by atoms with E-state index in [0.29, 0.717) is 16.3 Å². The first-order valence-corrected chi connectivity index (χ1v) is 7.47. The number of anilines is 1. The van der Waals surface area contributed by atoms with Gasteiger partial charge in [-0.2, -0.15) is 0 Å². The molecule has 0 aromatic heterocycles. The number of carbonyl (C=O) groups is 1. The van der Waals surface area contributed by atoms with E-state index >= 15 is 0 Å². The van der Waals surface area contributed by atoms with E-state index < -0.39 is 5.91 Å². The number of phenols is 1. The lowest BCUT2D eigenvalue weighted by molar-refractivity contribution is 0.0977. The van der Waals surface area contributed by atoms with Crippen molar-refractivity contribution in [1.29, 1.82) is 0 Å². The molecule has 0 bridgehead atoms. The quantitative estimate of drug-likeness (QED) is 0.535. The molecule has 0 heterocycles. The van der Waals surface area contributed by atoms with Crippen LogP contribution in [0.5, 0.6) is 5.75 Å². The Morgan fingerprint density at radius 2 is 1.73 bits per heavy atom. The predicted octanol–water partition coefficient (Wildman–Crippen LogP) is 4.48. The predicted molar refractivity (Wildman–Crippen MR) is 93.3 cm³/mol. The van der Waals surface area contributed by atoms with E-state index in [2.05, 4.69) is 10.6 Å². The van der Waals surface area contributed by atoms with Crippen LogP contribution >= 0.6 is 47.0 Å². The molecule has 114 valence electrons. The second-order valence-electron chi connectivity index (χ2n) is 4.21. The molecule has 0 unspecified atom stereocenters. The molecule has 0 aliphatic carbocycles. The summed E-state index contributed by atoms with van der Waals surface area (Å²) in [5, 5.41) is 15.4. The van der Waals surface area contributed by atoms with Crippen molar-refractivity contribution in [2.24, 2.45) is 0 Å². The standard InChI is InChI=1S/C14H9Cl3N2O2S/c15-8-3-1-2-7(4-8)13(21)19-14(22)18-9-5-10(16)12(20)11(17)6-9/h1-6,20H,(H2,18,19,21,22). The lowest BCUT2D eigenvalue weighted by atomic mass is 10.2. The first-order chi connectivity index (χ1) is 10.4. The number of thiocarbonyl (C=S) groups is 1. The highest BCUT2D eigenvalue weighted by Gasteiger charge is 2.11. The number of halogens is 3. The van der Waals surface area contributed by atoms with E-state index in [4.69, 9.17) is 47.0 Å². The van der Waals surface area contributed by atoms with Gasteiger partial charge < -0.3 is 10.4 Å². The van der Waals surface area contributed by atoms with E-state index in [0.717, 1.165) is 0 Å². The molecule has 2 aromatic rings. The summed E-state index contributed by atoms with van der Waals surface area (Å²) in [6.45, 7) is 0. The summed E-state index contributed by atoms with van der Waals surface area (Å²) in [6.07, 6.45) is 0. The van der Waals surface area contributed by atoms with E-state index in [1.165, 1.54) is 18.2 Å². The number of phenolic OH excluding ortho intramolecular Hbond substituents is 1. The highest BCUT2D eigenvalue weighted by molar-refractivity contribution is 7.80. The summed E-state index contributed by atoms with van der Waals surface area (Å²) < 4.78 is 0. The zero-order chi connectivity index (χ0) is 16.3. The van der Waals surface area contributed by atoms with Crippen LogP contribution in [-0.2, 0) is 0 Å². The minimum Gasteiger partial charge on any atom is -0.505 e. The maximum absolute atomic E-state index is 12.0. The third-order valence-electron chi connectivity index (χ3n) is 2.59. The molecule has 3 N–H and O–H groups in total. The van der Waals surface area contributed by atoms with E-state index in [1.807, 2.05) is 0 Å². The Morgan fingerprint density at radius 1 is 1.09 bits per heavy atom. The molecular weight excluding hydrogens is 367 g/mol. The molecule has 22 heavy (non-hydrogen) atoms. The number of hydrogen-bond acceptors (Lipinski definition) is 3. The van der Waals surface area contributed by atoms with Crippen LogP contribution in [0.1, 0.15) is 10.4 Å². The average molecular weight is 376 g/mol. The molecule has 4 nitrogen and oxygen atoms in total. The molecule has 8 heteroatoms. The zero-order valence-electron chi connectivity index (χ0n) is 10.9. The third-order valence-corrected chi connectivity index (χ3v) is 3.60. The molecule has 0 saturated carbocycles. The van der Waals surface area contributed by atoms with Crippen molar-refractivity contribution in [3.8, 4) is 5.75 Å². The molecule has 0 radical (unpaired) electrons. The highest BCUT2D eigenvalue weighted by Crippen LogP contribution is 2.34. The molecule has 0 aliphatic heterocycles. The fraction of sp³-hybridized carbons (Fsp3) is 0. The summed E-state index contributed by atoms with van der Waals surface area (Å²) in [4.78, 5) is 12.0. The van der Waals surface area contributed by atoms with Crippen LogP contribution in [0.15, 0.2) is 36.4 Å². The minimum atomic E-state index is -0.407. The van der Waals surface area contributed by atoms with E-state index in [-0.39, 0.29) is 20.9 Å². The Morgan fingerprint density at radius 3 is 2.32 bits per heavy atom. The second kappa shape index (κ2) is 7.15. The van der Waals surface area contributed by atoms with Crippen molar-refractivity contribution in [1.82, 2.24) is 5.32 Å². The first kappa shape index (κ1) is 16.8. The Bertz CT molecular complexity index is 730. The molecule has 1 amide bonds. The number of amides is 1. The molecular formula is C14H9Cl3N2O2S. The van der Waals surface area contributed by atoms with Crippen LogP contribution in [0.3, 0.4) is 0 Å². The van der Waals surface area contributed by atoms with Crippen molar-refractivity contribution in [2.75, 3.05) is 5.32 Å². The van der Waals surface area contributed by atoms with Gasteiger partial charge in [-0.3, -0.25) is 10.1 Å². The average Bonchev–Trinajstić information content (AvgIpc) is 2.44. The Labute approximate surface area is 147 Å². The molecule has 0 atom stereocenters. The fourth-order valence-corrected chi connectivity index (χ4v) is 2.49. The number of nitrogens with one attached hydrogen (secondary N) is 2. The Balaban J connectivity index is 2.06. The van der Waals surface area contributed by atoms with Crippen molar-refractivity contribution >= 4 is 63.7 Å². The van der Waals surface area contributed by atoms with Gasteiger partial charge in [-0.25, -0.2) is 0 Å². The highest BCUT2D eigenvalue weighted by atomic mass is 35.5.